The zero-order valence-electron chi connectivity index (χ0n) is 15.5. The molecule has 1 atom stereocenters. The molecule has 0 aliphatic carbocycles. The predicted molar refractivity (Wildman–Crippen MR) is 109 cm³/mol. The topological polar surface area (TPSA) is 84.9 Å². The lowest BCUT2D eigenvalue weighted by Gasteiger charge is -2.31. The van der Waals surface area contributed by atoms with E-state index in [1.54, 1.807) is 35.2 Å². The second-order valence-corrected chi connectivity index (χ2v) is 8.98. The van der Waals surface area contributed by atoms with Crippen LogP contribution in [0.2, 0.25) is 0 Å². The first-order valence-electron chi connectivity index (χ1n) is 8.67. The van der Waals surface area contributed by atoms with Crippen LogP contribution < -0.4 is 9.46 Å². The summed E-state index contributed by atoms with van der Waals surface area (Å²) in [5, 5.41) is 0. The lowest BCUT2D eigenvalue weighted by atomic mass is 10.1. The van der Waals surface area contributed by atoms with Gasteiger partial charge in [-0.1, -0.05) is 15.9 Å². The van der Waals surface area contributed by atoms with Crippen molar-refractivity contribution in [2.24, 2.45) is 0 Å². The Morgan fingerprint density at radius 1 is 1.25 bits per heavy atom. The molecule has 0 radical (unpaired) electrons. The molecule has 7 nitrogen and oxygen atoms in total. The molecular formula is C19H21BrN2O5S. The van der Waals surface area contributed by atoms with Gasteiger partial charge in [0.05, 0.1) is 19.8 Å². The smallest absolute Gasteiger partial charge is 0.265 e. The number of carbonyl (C=O) groups is 1. The minimum Gasteiger partial charge on any atom is -0.495 e. The quantitative estimate of drug-likeness (QED) is 0.728. The predicted octanol–water partition coefficient (Wildman–Crippen LogP) is 3.12. The highest BCUT2D eigenvalue weighted by atomic mass is 79.9. The van der Waals surface area contributed by atoms with Gasteiger partial charge in [0, 0.05) is 28.8 Å². The van der Waals surface area contributed by atoms with E-state index in [4.69, 9.17) is 9.47 Å². The highest BCUT2D eigenvalue weighted by molar-refractivity contribution is 9.10. The number of anilines is 1. The Labute approximate surface area is 172 Å². The van der Waals surface area contributed by atoms with Crippen molar-refractivity contribution in [2.75, 3.05) is 31.5 Å². The highest BCUT2D eigenvalue weighted by Gasteiger charge is 2.26. The van der Waals surface area contributed by atoms with Gasteiger partial charge >= 0.3 is 0 Å². The first kappa shape index (κ1) is 20.6. The van der Waals surface area contributed by atoms with E-state index < -0.39 is 10.0 Å². The van der Waals surface area contributed by atoms with Gasteiger partial charge in [-0.15, -0.1) is 0 Å². The van der Waals surface area contributed by atoms with Crippen molar-refractivity contribution in [1.29, 1.82) is 0 Å². The zero-order valence-corrected chi connectivity index (χ0v) is 17.9. The summed E-state index contributed by atoms with van der Waals surface area (Å²) in [6.07, 6.45) is -0.0572. The van der Waals surface area contributed by atoms with Crippen LogP contribution in [0.15, 0.2) is 51.8 Å². The molecule has 28 heavy (non-hydrogen) atoms. The molecule has 9 heteroatoms. The number of methoxy groups -OCH3 is 1. The molecule has 1 fully saturated rings. The summed E-state index contributed by atoms with van der Waals surface area (Å²) in [4.78, 5) is 14.4. The molecule has 0 saturated carbocycles. The number of sulfonamides is 1. The average molecular weight is 469 g/mol. The maximum atomic E-state index is 12.9. The van der Waals surface area contributed by atoms with Gasteiger partial charge in [0.2, 0.25) is 0 Å². The number of ether oxygens (including phenoxy) is 2. The fourth-order valence-corrected chi connectivity index (χ4v) is 4.45. The summed E-state index contributed by atoms with van der Waals surface area (Å²) in [6.45, 7) is 3.28. The maximum absolute atomic E-state index is 12.9. The van der Waals surface area contributed by atoms with E-state index in [0.717, 1.165) is 4.47 Å². The van der Waals surface area contributed by atoms with Gasteiger partial charge in [-0.3, -0.25) is 9.52 Å². The van der Waals surface area contributed by atoms with Crippen molar-refractivity contribution in [1.82, 2.24) is 4.90 Å². The average Bonchev–Trinajstić information content (AvgIpc) is 2.68. The van der Waals surface area contributed by atoms with Crippen LogP contribution in [0.1, 0.15) is 17.3 Å². The summed E-state index contributed by atoms with van der Waals surface area (Å²) < 4.78 is 39.9. The first-order chi connectivity index (χ1) is 13.3. The number of halogens is 1. The van der Waals surface area contributed by atoms with Crippen LogP contribution in [0.5, 0.6) is 5.75 Å². The van der Waals surface area contributed by atoms with Crippen molar-refractivity contribution >= 4 is 37.5 Å². The van der Waals surface area contributed by atoms with Gasteiger partial charge in [0.15, 0.2) is 0 Å². The van der Waals surface area contributed by atoms with Gasteiger partial charge in [0.25, 0.3) is 15.9 Å². The molecule has 150 valence electrons. The van der Waals surface area contributed by atoms with Gasteiger partial charge in [-0.2, -0.15) is 0 Å². The van der Waals surface area contributed by atoms with Crippen molar-refractivity contribution < 1.29 is 22.7 Å². The third kappa shape index (κ3) is 4.65. The first-order valence-corrected chi connectivity index (χ1v) is 10.9. The summed E-state index contributed by atoms with van der Waals surface area (Å²) >= 11 is 3.31. The van der Waals surface area contributed by atoms with Crippen molar-refractivity contribution in [3.63, 3.8) is 0 Å². The number of nitrogens with one attached hydrogen (secondary N) is 1. The fraction of sp³-hybridized carbons (Fsp3) is 0.316. The lowest BCUT2D eigenvalue weighted by Crippen LogP contribution is -2.44. The number of amides is 1. The largest absolute Gasteiger partial charge is 0.495 e. The highest BCUT2D eigenvalue weighted by Crippen LogP contribution is 2.28. The number of nitrogens with zero attached hydrogens (tertiary/aromatic N) is 1. The Morgan fingerprint density at radius 2 is 1.96 bits per heavy atom. The molecule has 2 aromatic carbocycles. The van der Waals surface area contributed by atoms with E-state index in [1.807, 2.05) is 6.92 Å². The van der Waals surface area contributed by atoms with E-state index in [2.05, 4.69) is 20.7 Å². The molecule has 0 unspecified atom stereocenters. The molecule has 0 spiro atoms. The molecule has 3 rings (SSSR count). The van der Waals surface area contributed by atoms with Crippen LogP contribution in [-0.2, 0) is 14.8 Å². The van der Waals surface area contributed by atoms with Crippen molar-refractivity contribution in [2.45, 2.75) is 17.9 Å². The van der Waals surface area contributed by atoms with E-state index in [1.165, 1.54) is 19.2 Å². The molecule has 1 aliphatic rings. The molecule has 1 aliphatic heterocycles. The van der Waals surface area contributed by atoms with Gasteiger partial charge in [0.1, 0.15) is 10.6 Å². The Hall–Kier alpha value is -2.10. The maximum Gasteiger partial charge on any atom is 0.265 e. The molecule has 1 saturated heterocycles. The Morgan fingerprint density at radius 3 is 2.61 bits per heavy atom. The third-order valence-corrected chi connectivity index (χ3v) is 6.26. The normalized spacial score (nSPS) is 17.2. The summed E-state index contributed by atoms with van der Waals surface area (Å²) in [5.41, 5.74) is 0.690. The van der Waals surface area contributed by atoms with E-state index in [0.29, 0.717) is 25.4 Å². The zero-order chi connectivity index (χ0) is 20.3. The third-order valence-electron chi connectivity index (χ3n) is 4.32. The number of rotatable bonds is 5. The Balaban J connectivity index is 1.92. The van der Waals surface area contributed by atoms with Crippen molar-refractivity contribution in [3.05, 3.63) is 52.5 Å². The minimum absolute atomic E-state index is 0.0572. The van der Waals surface area contributed by atoms with Crippen LogP contribution in [0, 0.1) is 0 Å². The second kappa shape index (κ2) is 8.50. The summed E-state index contributed by atoms with van der Waals surface area (Å²) in [5.74, 6) is -0.0746. The van der Waals surface area contributed by atoms with Crippen molar-refractivity contribution in [3.8, 4) is 5.75 Å². The Kier molecular flexibility index (Phi) is 6.26. The van der Waals surface area contributed by atoms with Gasteiger partial charge in [-0.05, 0) is 49.4 Å². The fourth-order valence-electron chi connectivity index (χ4n) is 2.93. The SMILES string of the molecule is COc1ccc(C(=O)N2CCO[C@H](C)C2)cc1S(=O)(=O)Nc1ccc(Br)cc1. The second-order valence-electron chi connectivity index (χ2n) is 6.41. The van der Waals surface area contributed by atoms with E-state index in [9.17, 15) is 13.2 Å². The molecule has 2 aromatic rings. The van der Waals surface area contributed by atoms with E-state index in [-0.39, 0.29) is 28.2 Å². The number of morpholine rings is 1. The molecule has 0 bridgehead atoms. The van der Waals surface area contributed by atoms with Gasteiger partial charge < -0.3 is 14.4 Å². The van der Waals surface area contributed by atoms with Crippen LogP contribution in [0.3, 0.4) is 0 Å². The number of hydrogen-bond donors (Lipinski definition) is 1. The van der Waals surface area contributed by atoms with E-state index >= 15 is 0 Å². The van der Waals surface area contributed by atoms with Crippen LogP contribution in [0.4, 0.5) is 5.69 Å². The van der Waals surface area contributed by atoms with Crippen LogP contribution in [-0.4, -0.2) is 52.1 Å². The summed E-state index contributed by atoms with van der Waals surface area (Å²) in [6, 6.07) is 11.1. The minimum atomic E-state index is -3.95. The molecule has 1 N–H and O–H groups in total. The standard InChI is InChI=1S/C19H21BrN2O5S/c1-13-12-22(9-10-27-13)19(23)14-3-8-17(26-2)18(11-14)28(24,25)21-16-6-4-15(20)5-7-16/h3-8,11,13,21H,9-10,12H2,1-2H3/t13-/m1/s1. The van der Waals surface area contributed by atoms with Gasteiger partial charge in [-0.25, -0.2) is 8.42 Å². The molecule has 0 aromatic heterocycles. The number of carbonyl (C=O) groups excluding carboxylic acids is 1. The number of hydrogen-bond acceptors (Lipinski definition) is 5. The number of benzene rings is 2. The molecule has 1 amide bonds. The molecule has 1 heterocycles. The Bertz CT molecular complexity index is 963. The van der Waals surface area contributed by atoms with Crippen LogP contribution >= 0.6 is 15.9 Å². The lowest BCUT2D eigenvalue weighted by molar-refractivity contribution is -0.0124. The summed E-state index contributed by atoms with van der Waals surface area (Å²) in [7, 11) is -2.56. The van der Waals surface area contributed by atoms with Crippen LogP contribution in [0.25, 0.3) is 0 Å². The molecular weight excluding hydrogens is 448 g/mol. The monoisotopic (exact) mass is 468 g/mol.